The molecule has 1 amide bonds. The van der Waals surface area contributed by atoms with Crippen LogP contribution in [0.5, 0.6) is 0 Å². The summed E-state index contributed by atoms with van der Waals surface area (Å²) in [6.07, 6.45) is -1.25. The highest BCUT2D eigenvalue weighted by Crippen LogP contribution is 2.04. The van der Waals surface area contributed by atoms with Crippen molar-refractivity contribution in [1.82, 2.24) is 5.32 Å². The first-order chi connectivity index (χ1) is 10.9. The Morgan fingerprint density at radius 3 is 2.04 bits per heavy atom. The van der Waals surface area contributed by atoms with Gasteiger partial charge in [0.05, 0.1) is 19.6 Å². The van der Waals surface area contributed by atoms with Crippen LogP contribution in [0, 0.1) is 0 Å². The second-order valence-corrected chi connectivity index (χ2v) is 4.34. The van der Waals surface area contributed by atoms with Gasteiger partial charge in [0.1, 0.15) is 6.10 Å². The van der Waals surface area contributed by atoms with E-state index in [0.29, 0.717) is 0 Å². The lowest BCUT2D eigenvalue weighted by atomic mass is 10.1. The number of methoxy groups -OCH3 is 1. The normalized spacial score (nSPS) is 11.4. The van der Waals surface area contributed by atoms with Gasteiger partial charge in [0.2, 0.25) is 0 Å². The molecule has 0 aromatic heterocycles. The molecule has 1 rings (SSSR count). The predicted molar refractivity (Wildman–Crippen MR) is 90.2 cm³/mol. The van der Waals surface area contributed by atoms with Crippen LogP contribution in [0.4, 0.5) is 4.79 Å². The Morgan fingerprint density at radius 2 is 1.70 bits per heavy atom. The summed E-state index contributed by atoms with van der Waals surface area (Å²) in [5.74, 6) is -0.311. The SMILES string of the molecule is CC.CC(O)C(C)OC(=O)Cc1ccccc1.CNC(=O)OC. The van der Waals surface area contributed by atoms with Gasteiger partial charge in [-0.3, -0.25) is 4.79 Å². The number of aliphatic hydroxyl groups excluding tert-OH is 1. The number of amides is 1. The number of nitrogens with one attached hydrogen (secondary N) is 1. The zero-order valence-electron chi connectivity index (χ0n) is 14.8. The van der Waals surface area contributed by atoms with Crippen LogP contribution in [0.25, 0.3) is 0 Å². The number of hydrogen-bond donors (Lipinski definition) is 2. The lowest BCUT2D eigenvalue weighted by Crippen LogP contribution is -2.26. The van der Waals surface area contributed by atoms with Crippen LogP contribution in [0.3, 0.4) is 0 Å². The van der Waals surface area contributed by atoms with Crippen LogP contribution in [0.15, 0.2) is 30.3 Å². The fourth-order valence-electron chi connectivity index (χ4n) is 1.21. The van der Waals surface area contributed by atoms with Gasteiger partial charge >= 0.3 is 12.1 Å². The molecule has 0 spiro atoms. The third-order valence-electron chi connectivity index (χ3n) is 2.58. The number of rotatable bonds is 4. The van der Waals surface area contributed by atoms with Crippen molar-refractivity contribution in [3.8, 4) is 0 Å². The highest BCUT2D eigenvalue weighted by molar-refractivity contribution is 5.72. The van der Waals surface area contributed by atoms with E-state index < -0.39 is 18.3 Å². The third kappa shape index (κ3) is 13.3. The first-order valence-electron chi connectivity index (χ1n) is 7.57. The van der Waals surface area contributed by atoms with Crippen LogP contribution >= 0.6 is 0 Å². The highest BCUT2D eigenvalue weighted by atomic mass is 16.6. The van der Waals surface area contributed by atoms with Crippen LogP contribution in [-0.4, -0.2) is 43.5 Å². The lowest BCUT2D eigenvalue weighted by Gasteiger charge is -2.15. The van der Waals surface area contributed by atoms with Gasteiger partial charge in [0.25, 0.3) is 0 Å². The summed E-state index contributed by atoms with van der Waals surface area (Å²) in [6.45, 7) is 7.27. The average Bonchev–Trinajstić information content (AvgIpc) is 2.57. The summed E-state index contributed by atoms with van der Waals surface area (Å²) >= 11 is 0. The first-order valence-corrected chi connectivity index (χ1v) is 7.57. The molecule has 0 radical (unpaired) electrons. The van der Waals surface area contributed by atoms with E-state index in [4.69, 9.17) is 9.84 Å². The Bertz CT molecular complexity index is 414. The topological polar surface area (TPSA) is 84.9 Å². The molecule has 0 bridgehead atoms. The highest BCUT2D eigenvalue weighted by Gasteiger charge is 2.14. The van der Waals surface area contributed by atoms with Crippen LogP contribution in [-0.2, 0) is 20.7 Å². The maximum absolute atomic E-state index is 11.4. The molecule has 2 N–H and O–H groups in total. The van der Waals surface area contributed by atoms with Crippen molar-refractivity contribution in [2.45, 2.75) is 46.3 Å². The van der Waals surface area contributed by atoms with E-state index in [1.807, 2.05) is 44.2 Å². The minimum Gasteiger partial charge on any atom is -0.460 e. The average molecular weight is 327 g/mol. The van der Waals surface area contributed by atoms with E-state index in [1.54, 1.807) is 13.8 Å². The number of alkyl carbamates (subject to hydrolysis) is 1. The van der Waals surface area contributed by atoms with Crippen molar-refractivity contribution < 1.29 is 24.2 Å². The fraction of sp³-hybridized carbons (Fsp3) is 0.529. The minimum atomic E-state index is -0.635. The fourth-order valence-corrected chi connectivity index (χ4v) is 1.21. The molecule has 1 aromatic rings. The smallest absolute Gasteiger partial charge is 0.406 e. The van der Waals surface area contributed by atoms with Crippen molar-refractivity contribution >= 4 is 12.1 Å². The third-order valence-corrected chi connectivity index (χ3v) is 2.58. The molecule has 132 valence electrons. The summed E-state index contributed by atoms with van der Waals surface area (Å²) in [7, 11) is 2.82. The molecule has 0 heterocycles. The lowest BCUT2D eigenvalue weighted by molar-refractivity contribution is -0.152. The van der Waals surface area contributed by atoms with Gasteiger partial charge in [0.15, 0.2) is 0 Å². The molecule has 2 unspecified atom stereocenters. The molecule has 6 heteroatoms. The molecule has 1 aromatic carbocycles. The first kappa shape index (κ1) is 23.2. The number of aliphatic hydroxyl groups is 1. The molecule has 0 saturated heterocycles. The van der Waals surface area contributed by atoms with E-state index >= 15 is 0 Å². The van der Waals surface area contributed by atoms with Crippen molar-refractivity contribution in [3.05, 3.63) is 35.9 Å². The number of carbonyl (C=O) groups excluding carboxylic acids is 2. The summed E-state index contributed by atoms with van der Waals surface area (Å²) in [5, 5.41) is 11.4. The summed E-state index contributed by atoms with van der Waals surface area (Å²) in [5.41, 5.74) is 0.917. The standard InChI is InChI=1S/C12H16O3.C3H7NO2.C2H6/c1-9(13)10(2)15-12(14)8-11-6-4-3-5-7-11;1-4-3(5)6-2;1-2/h3-7,9-10,13H,8H2,1-2H3;1-2H3,(H,4,5);1-2H3. The monoisotopic (exact) mass is 327 g/mol. The van der Waals surface area contributed by atoms with Gasteiger partial charge < -0.3 is 19.9 Å². The van der Waals surface area contributed by atoms with Crippen molar-refractivity contribution in [3.63, 3.8) is 0 Å². The summed E-state index contributed by atoms with van der Waals surface area (Å²) < 4.78 is 9.18. The molecule has 23 heavy (non-hydrogen) atoms. The van der Waals surface area contributed by atoms with Crippen molar-refractivity contribution in [2.24, 2.45) is 0 Å². The minimum absolute atomic E-state index is 0.248. The summed E-state index contributed by atoms with van der Waals surface area (Å²) in [6, 6.07) is 9.39. The number of carbonyl (C=O) groups is 2. The molecule has 6 nitrogen and oxygen atoms in total. The maximum atomic E-state index is 11.4. The second-order valence-electron chi connectivity index (χ2n) is 4.34. The largest absolute Gasteiger partial charge is 0.460 e. The van der Waals surface area contributed by atoms with E-state index in [9.17, 15) is 9.59 Å². The Hall–Kier alpha value is -2.08. The van der Waals surface area contributed by atoms with Crippen molar-refractivity contribution in [1.29, 1.82) is 0 Å². The molecule has 2 atom stereocenters. The van der Waals surface area contributed by atoms with E-state index in [-0.39, 0.29) is 12.4 Å². The zero-order valence-corrected chi connectivity index (χ0v) is 14.8. The van der Waals surface area contributed by atoms with Gasteiger partial charge in [-0.1, -0.05) is 44.2 Å². The predicted octanol–water partition coefficient (Wildman–Crippen LogP) is 2.54. The molecule has 0 fully saturated rings. The summed E-state index contributed by atoms with van der Waals surface area (Å²) in [4.78, 5) is 21.2. The molecule has 0 aliphatic rings. The number of benzene rings is 1. The van der Waals surface area contributed by atoms with Gasteiger partial charge in [-0.2, -0.15) is 0 Å². The Kier molecular flexibility index (Phi) is 15.0. The van der Waals surface area contributed by atoms with Gasteiger partial charge in [-0.15, -0.1) is 0 Å². The van der Waals surface area contributed by atoms with Crippen LogP contribution < -0.4 is 5.32 Å². The van der Waals surface area contributed by atoms with E-state index in [1.165, 1.54) is 14.2 Å². The number of ether oxygens (including phenoxy) is 2. The molecular weight excluding hydrogens is 298 g/mol. The van der Waals surface area contributed by atoms with Gasteiger partial charge in [-0.25, -0.2) is 4.79 Å². The number of esters is 1. The quantitative estimate of drug-likeness (QED) is 0.830. The Balaban J connectivity index is 0. The molecule has 0 aliphatic heterocycles. The van der Waals surface area contributed by atoms with Crippen LogP contribution in [0.2, 0.25) is 0 Å². The second kappa shape index (κ2) is 14.8. The van der Waals surface area contributed by atoms with Crippen LogP contribution in [0.1, 0.15) is 33.3 Å². The zero-order chi connectivity index (χ0) is 18.3. The molecule has 0 aliphatic carbocycles. The van der Waals surface area contributed by atoms with Gasteiger partial charge in [0, 0.05) is 7.05 Å². The Labute approximate surface area is 138 Å². The van der Waals surface area contributed by atoms with E-state index in [2.05, 4.69) is 10.1 Å². The van der Waals surface area contributed by atoms with E-state index in [0.717, 1.165) is 5.56 Å². The molecule has 0 saturated carbocycles. The molecular formula is C17H29NO5. The van der Waals surface area contributed by atoms with Crippen molar-refractivity contribution in [2.75, 3.05) is 14.2 Å². The number of hydrogen-bond acceptors (Lipinski definition) is 5. The Morgan fingerprint density at radius 1 is 1.17 bits per heavy atom. The maximum Gasteiger partial charge on any atom is 0.406 e. The van der Waals surface area contributed by atoms with Gasteiger partial charge in [-0.05, 0) is 19.4 Å².